The number of nitrogens with zero attached hydrogens (tertiary/aromatic N) is 5. The van der Waals surface area contributed by atoms with Crippen LogP contribution in [0.25, 0.3) is 0 Å². The number of hydrogen-bond acceptors (Lipinski definition) is 6. The molecule has 8 nitrogen and oxygen atoms in total. The fraction of sp³-hybridized carbons (Fsp3) is 0.304. The zero-order valence-corrected chi connectivity index (χ0v) is 20.0. The van der Waals surface area contributed by atoms with Crippen LogP contribution in [-0.2, 0) is 24.9 Å². The highest BCUT2D eigenvalue weighted by atomic mass is 32.2. The molecular formula is C23H23F3N6O2S. The van der Waals surface area contributed by atoms with Gasteiger partial charge < -0.3 is 10.2 Å². The molecular weight excluding hydrogens is 481 g/mol. The van der Waals surface area contributed by atoms with Crippen molar-refractivity contribution in [1.29, 1.82) is 0 Å². The number of benzene rings is 1. The van der Waals surface area contributed by atoms with E-state index in [2.05, 4.69) is 15.4 Å². The van der Waals surface area contributed by atoms with Gasteiger partial charge in [-0.3, -0.25) is 9.48 Å². The third-order valence-corrected chi connectivity index (χ3v) is 6.29. The molecule has 1 aliphatic rings. The highest BCUT2D eigenvalue weighted by molar-refractivity contribution is 8.00. The molecule has 3 aromatic rings. The molecule has 1 aliphatic heterocycles. The number of amides is 3. The number of halogens is 3. The summed E-state index contributed by atoms with van der Waals surface area (Å²) in [5.74, 6) is 0.152. The van der Waals surface area contributed by atoms with Crippen LogP contribution in [0.15, 0.2) is 59.9 Å². The van der Waals surface area contributed by atoms with Crippen LogP contribution in [0.4, 0.5) is 29.5 Å². The Morgan fingerprint density at radius 3 is 2.43 bits per heavy atom. The van der Waals surface area contributed by atoms with Crippen LogP contribution in [0.2, 0.25) is 0 Å². The molecule has 1 N–H and O–H groups in total. The van der Waals surface area contributed by atoms with Gasteiger partial charge in [0.1, 0.15) is 11.4 Å². The van der Waals surface area contributed by atoms with E-state index < -0.39 is 23.0 Å². The van der Waals surface area contributed by atoms with Gasteiger partial charge in [-0.25, -0.2) is 14.7 Å². The molecule has 3 amide bonds. The van der Waals surface area contributed by atoms with Gasteiger partial charge in [-0.15, -0.1) is 0 Å². The second-order valence-corrected chi connectivity index (χ2v) is 9.67. The Balaban J connectivity index is 1.49. The summed E-state index contributed by atoms with van der Waals surface area (Å²) in [4.78, 5) is 33.1. The Labute approximate surface area is 204 Å². The second kappa shape index (κ2) is 9.25. The molecule has 0 spiro atoms. The van der Waals surface area contributed by atoms with Crippen LogP contribution in [-0.4, -0.2) is 42.6 Å². The molecule has 2 aromatic heterocycles. The summed E-state index contributed by atoms with van der Waals surface area (Å²) in [6, 6.07) is 8.19. The number of carbonyl (C=O) groups is 2. The second-order valence-electron chi connectivity index (χ2n) is 8.54. The molecule has 184 valence electrons. The van der Waals surface area contributed by atoms with E-state index in [-0.39, 0.29) is 28.9 Å². The number of nitrogens with one attached hydrogen (secondary N) is 1. The van der Waals surface area contributed by atoms with E-state index in [0.717, 1.165) is 16.0 Å². The molecule has 0 saturated carbocycles. The lowest BCUT2D eigenvalue weighted by Gasteiger charge is -2.27. The predicted molar refractivity (Wildman–Crippen MR) is 126 cm³/mol. The maximum absolute atomic E-state index is 13.3. The Hall–Kier alpha value is -3.54. The van der Waals surface area contributed by atoms with E-state index in [0.29, 0.717) is 12.4 Å². The van der Waals surface area contributed by atoms with Crippen molar-refractivity contribution in [2.45, 2.75) is 42.9 Å². The van der Waals surface area contributed by atoms with E-state index in [4.69, 9.17) is 0 Å². The first-order valence-corrected chi connectivity index (χ1v) is 11.4. The first-order chi connectivity index (χ1) is 16.4. The molecule has 0 unspecified atom stereocenters. The van der Waals surface area contributed by atoms with Crippen LogP contribution in [0.1, 0.15) is 25.0 Å². The van der Waals surface area contributed by atoms with Crippen LogP contribution in [0, 0.1) is 0 Å². The first kappa shape index (κ1) is 24.6. The number of thioether (sulfide) groups is 1. The van der Waals surface area contributed by atoms with Gasteiger partial charge in [0.15, 0.2) is 0 Å². The van der Waals surface area contributed by atoms with Crippen molar-refractivity contribution >= 4 is 35.2 Å². The number of alkyl halides is 3. The largest absolute Gasteiger partial charge is 0.446 e. The van der Waals surface area contributed by atoms with Gasteiger partial charge in [0.25, 0.3) is 5.91 Å². The average molecular weight is 505 g/mol. The number of aryl methyl sites for hydroxylation is 1. The fourth-order valence-electron chi connectivity index (χ4n) is 3.73. The lowest BCUT2D eigenvalue weighted by molar-refractivity contribution is -0.123. The molecule has 0 atom stereocenters. The number of pyridine rings is 1. The van der Waals surface area contributed by atoms with Crippen molar-refractivity contribution in [1.82, 2.24) is 19.7 Å². The number of aromatic nitrogens is 3. The van der Waals surface area contributed by atoms with Crippen LogP contribution >= 0.6 is 11.8 Å². The number of hydrogen-bond donors (Lipinski definition) is 1. The maximum Gasteiger partial charge on any atom is 0.446 e. The molecule has 1 saturated heterocycles. The van der Waals surface area contributed by atoms with Crippen molar-refractivity contribution in [3.8, 4) is 0 Å². The predicted octanol–water partition coefficient (Wildman–Crippen LogP) is 4.79. The average Bonchev–Trinajstić information content (AvgIpc) is 3.27. The molecule has 1 fully saturated rings. The van der Waals surface area contributed by atoms with E-state index in [9.17, 15) is 22.8 Å². The van der Waals surface area contributed by atoms with Crippen molar-refractivity contribution in [2.24, 2.45) is 7.05 Å². The van der Waals surface area contributed by atoms with Crippen LogP contribution in [0.3, 0.4) is 0 Å². The zero-order chi connectivity index (χ0) is 25.4. The summed E-state index contributed by atoms with van der Waals surface area (Å²) >= 11 is -0.255. The summed E-state index contributed by atoms with van der Waals surface area (Å²) in [6.45, 7) is 3.96. The quantitative estimate of drug-likeness (QED) is 0.368. The molecule has 4 rings (SSSR count). The third-order valence-electron chi connectivity index (χ3n) is 5.55. The van der Waals surface area contributed by atoms with Crippen molar-refractivity contribution in [3.05, 3.63) is 66.1 Å². The first-order valence-electron chi connectivity index (χ1n) is 10.6. The van der Waals surface area contributed by atoms with Gasteiger partial charge in [0, 0.05) is 43.0 Å². The highest BCUT2D eigenvalue weighted by Crippen LogP contribution is 2.39. The lowest BCUT2D eigenvalue weighted by Crippen LogP contribution is -2.43. The van der Waals surface area contributed by atoms with Crippen molar-refractivity contribution in [3.63, 3.8) is 0 Å². The number of anilines is 2. The number of urea groups is 1. The van der Waals surface area contributed by atoms with E-state index in [1.165, 1.54) is 29.2 Å². The monoisotopic (exact) mass is 504 g/mol. The highest BCUT2D eigenvalue weighted by Gasteiger charge is 2.51. The minimum absolute atomic E-state index is 0.0282. The summed E-state index contributed by atoms with van der Waals surface area (Å²) < 4.78 is 39.5. The Morgan fingerprint density at radius 2 is 1.80 bits per heavy atom. The lowest BCUT2D eigenvalue weighted by atomic mass is 10.0. The maximum atomic E-state index is 13.3. The molecule has 0 aliphatic carbocycles. The van der Waals surface area contributed by atoms with Gasteiger partial charge in [0.05, 0.1) is 11.9 Å². The van der Waals surface area contributed by atoms with E-state index in [1.807, 2.05) is 13.2 Å². The Morgan fingerprint density at radius 1 is 1.09 bits per heavy atom. The Bertz CT molecular complexity index is 1240. The van der Waals surface area contributed by atoms with E-state index >= 15 is 0 Å². The Kier molecular flexibility index (Phi) is 6.50. The molecule has 1 aromatic carbocycles. The summed E-state index contributed by atoms with van der Waals surface area (Å²) in [6.07, 6.45) is 5.25. The molecule has 0 radical (unpaired) electrons. The molecule has 35 heavy (non-hydrogen) atoms. The van der Waals surface area contributed by atoms with Gasteiger partial charge in [0.2, 0.25) is 0 Å². The standard InChI is InChI=1S/C23H23F3N6O2S/c1-22(2)20(33)32(17-4-6-18(7-5-17)35-23(24,25)26)21(34)31(22)14-15-8-9-27-19(10-15)28-11-16-12-29-30(3)13-16/h4-10,12-13H,11,14H2,1-3H3,(H,27,28). The summed E-state index contributed by atoms with van der Waals surface area (Å²) in [7, 11) is 1.83. The van der Waals surface area contributed by atoms with Gasteiger partial charge in [-0.2, -0.15) is 18.3 Å². The molecule has 0 bridgehead atoms. The molecule has 3 heterocycles. The topological polar surface area (TPSA) is 83.4 Å². The normalized spacial score (nSPS) is 15.7. The van der Waals surface area contributed by atoms with Crippen molar-refractivity contribution in [2.75, 3.05) is 10.2 Å². The van der Waals surface area contributed by atoms with Gasteiger partial charge in [-0.1, -0.05) is 0 Å². The van der Waals surface area contributed by atoms with Crippen LogP contribution in [0.5, 0.6) is 0 Å². The number of rotatable bonds is 7. The smallest absolute Gasteiger partial charge is 0.366 e. The van der Waals surface area contributed by atoms with E-state index in [1.54, 1.807) is 43.1 Å². The minimum atomic E-state index is -4.42. The summed E-state index contributed by atoms with van der Waals surface area (Å²) in [5, 5.41) is 7.33. The number of imide groups is 1. The zero-order valence-electron chi connectivity index (χ0n) is 19.2. The third kappa shape index (κ3) is 5.42. The van der Waals surface area contributed by atoms with Gasteiger partial charge >= 0.3 is 11.5 Å². The minimum Gasteiger partial charge on any atom is -0.366 e. The SMILES string of the molecule is Cn1cc(CNc2cc(CN3C(=O)N(c4ccc(SC(F)(F)F)cc4)C(=O)C3(C)C)ccn2)cn1. The van der Waals surface area contributed by atoms with Gasteiger partial charge in [-0.05, 0) is 67.6 Å². The van der Waals surface area contributed by atoms with Crippen LogP contribution < -0.4 is 10.2 Å². The summed E-state index contributed by atoms with van der Waals surface area (Å²) in [5.41, 5.74) is -3.60. The molecule has 12 heteroatoms. The van der Waals surface area contributed by atoms with Crippen molar-refractivity contribution < 1.29 is 22.8 Å². The number of carbonyl (C=O) groups excluding carboxylic acids is 2. The fourth-order valence-corrected chi connectivity index (χ4v) is 4.27.